The van der Waals surface area contributed by atoms with Gasteiger partial charge in [0.25, 0.3) is 0 Å². The summed E-state index contributed by atoms with van der Waals surface area (Å²) in [6, 6.07) is 12.2. The highest BCUT2D eigenvalue weighted by atomic mass is 35.5. The monoisotopic (exact) mass is 515 g/mol. The van der Waals surface area contributed by atoms with Crippen LogP contribution in [0.5, 0.6) is 0 Å². The molecule has 8 heteroatoms. The van der Waals surface area contributed by atoms with E-state index in [1.807, 2.05) is 41.3 Å². The summed E-state index contributed by atoms with van der Waals surface area (Å²) in [6.45, 7) is 8.57. The van der Waals surface area contributed by atoms with Crippen molar-refractivity contribution in [3.05, 3.63) is 63.6 Å². The number of nitrogens with zero attached hydrogens (tertiary/aromatic N) is 1. The molecule has 3 aliphatic rings. The maximum Gasteiger partial charge on any atom is 0.240 e. The molecule has 5 rings (SSSR count). The van der Waals surface area contributed by atoms with Gasteiger partial charge in [0, 0.05) is 40.8 Å². The summed E-state index contributed by atoms with van der Waals surface area (Å²) in [7, 11) is 0. The van der Waals surface area contributed by atoms with E-state index < -0.39 is 17.4 Å². The molecule has 0 aromatic heterocycles. The van der Waals surface area contributed by atoms with Crippen molar-refractivity contribution in [3.63, 3.8) is 0 Å². The van der Waals surface area contributed by atoms with Gasteiger partial charge >= 0.3 is 0 Å². The fourth-order valence-corrected chi connectivity index (χ4v) is 6.46. The van der Waals surface area contributed by atoms with Crippen LogP contribution in [0.25, 0.3) is 0 Å². The zero-order chi connectivity index (χ0) is 25.0. The average molecular weight is 516 g/mol. The van der Waals surface area contributed by atoms with Crippen molar-refractivity contribution >= 4 is 40.7 Å². The molecule has 3 heterocycles. The molecule has 2 aromatic rings. The minimum absolute atomic E-state index is 0.00993. The van der Waals surface area contributed by atoms with Gasteiger partial charge in [-0.1, -0.05) is 62.2 Å². The van der Waals surface area contributed by atoms with Crippen molar-refractivity contribution in [2.75, 3.05) is 31.6 Å². The van der Waals surface area contributed by atoms with Gasteiger partial charge in [-0.05, 0) is 47.2 Å². The Labute approximate surface area is 216 Å². The Morgan fingerprint density at radius 3 is 2.51 bits per heavy atom. The summed E-state index contributed by atoms with van der Waals surface area (Å²) in [6.07, 6.45) is 0.701. The lowest BCUT2D eigenvalue weighted by molar-refractivity contribution is -0.137. The number of ether oxygens (including phenoxy) is 1. The third-order valence-corrected chi connectivity index (χ3v) is 7.89. The summed E-state index contributed by atoms with van der Waals surface area (Å²) in [5.41, 5.74) is 1.36. The number of carbonyl (C=O) groups is 2. The lowest BCUT2D eigenvalue weighted by Gasteiger charge is -2.38. The highest BCUT2D eigenvalue weighted by Crippen LogP contribution is 2.56. The van der Waals surface area contributed by atoms with E-state index in [1.54, 1.807) is 6.07 Å². The summed E-state index contributed by atoms with van der Waals surface area (Å²) in [4.78, 5) is 30.0. The number of morpholine rings is 1. The van der Waals surface area contributed by atoms with Crippen LogP contribution in [0, 0.1) is 5.41 Å². The van der Waals surface area contributed by atoms with Crippen LogP contribution in [-0.2, 0) is 19.7 Å². The Kier molecular flexibility index (Phi) is 6.37. The van der Waals surface area contributed by atoms with Gasteiger partial charge < -0.3 is 20.3 Å². The number of carbonyl (C=O) groups excluding carboxylic acids is 2. The fraction of sp³-hybridized carbons (Fsp3) is 0.481. The molecule has 1 spiro atoms. The molecule has 186 valence electrons. The number of rotatable bonds is 3. The first-order valence-corrected chi connectivity index (χ1v) is 12.9. The van der Waals surface area contributed by atoms with Gasteiger partial charge in [-0.3, -0.25) is 9.59 Å². The Morgan fingerprint density at radius 2 is 1.83 bits per heavy atom. The van der Waals surface area contributed by atoms with Crippen LogP contribution in [0.15, 0.2) is 42.5 Å². The molecular weight excluding hydrogens is 485 g/mol. The Bertz CT molecular complexity index is 1160. The second-order valence-electron chi connectivity index (χ2n) is 10.9. The molecule has 0 bridgehead atoms. The minimum atomic E-state index is -0.996. The van der Waals surface area contributed by atoms with Crippen molar-refractivity contribution < 1.29 is 14.3 Å². The average Bonchev–Trinajstić information content (AvgIpc) is 3.27. The van der Waals surface area contributed by atoms with Crippen LogP contribution in [0.3, 0.4) is 0 Å². The zero-order valence-electron chi connectivity index (χ0n) is 20.2. The molecule has 0 saturated carbocycles. The molecule has 2 amide bonds. The largest absolute Gasteiger partial charge is 0.378 e. The number of hydrogen-bond acceptors (Lipinski definition) is 4. The Morgan fingerprint density at radius 1 is 1.11 bits per heavy atom. The standard InChI is InChI=1S/C27H31Cl2N3O3/c1-26(2,3)15-21-27(19-8-7-18(29)14-20(19)30-25(27)34)22(16-5-4-6-17(28)13-16)23(31-21)24(33)32-9-11-35-12-10-32/h4-8,13-14,21-23,31H,9-12,15H2,1-3H3,(H,30,34)/t21-,22+,23-,27+/m1/s1. The van der Waals surface area contributed by atoms with Crippen LogP contribution in [0.2, 0.25) is 10.0 Å². The van der Waals surface area contributed by atoms with E-state index in [0.29, 0.717) is 48.5 Å². The van der Waals surface area contributed by atoms with E-state index >= 15 is 0 Å². The van der Waals surface area contributed by atoms with Crippen molar-refractivity contribution in [3.8, 4) is 0 Å². The van der Waals surface area contributed by atoms with Gasteiger partial charge in [0.15, 0.2) is 0 Å². The van der Waals surface area contributed by atoms with E-state index in [4.69, 9.17) is 27.9 Å². The van der Waals surface area contributed by atoms with E-state index in [2.05, 4.69) is 31.4 Å². The fourth-order valence-electron chi connectivity index (χ4n) is 6.09. The molecule has 3 aliphatic heterocycles. The quantitative estimate of drug-likeness (QED) is 0.626. The first kappa shape index (κ1) is 24.6. The van der Waals surface area contributed by atoms with Crippen LogP contribution in [-0.4, -0.2) is 55.1 Å². The van der Waals surface area contributed by atoms with E-state index in [9.17, 15) is 9.59 Å². The topological polar surface area (TPSA) is 70.7 Å². The molecule has 0 unspecified atom stereocenters. The lowest BCUT2D eigenvalue weighted by Crippen LogP contribution is -2.51. The second-order valence-corrected chi connectivity index (χ2v) is 11.8. The maximum atomic E-state index is 14.1. The molecule has 2 N–H and O–H groups in total. The first-order chi connectivity index (χ1) is 16.6. The summed E-state index contributed by atoms with van der Waals surface area (Å²) in [5, 5.41) is 7.89. The van der Waals surface area contributed by atoms with Crippen LogP contribution in [0.1, 0.15) is 44.2 Å². The molecule has 35 heavy (non-hydrogen) atoms. The third kappa shape index (κ3) is 4.25. The van der Waals surface area contributed by atoms with Crippen LogP contribution in [0.4, 0.5) is 5.69 Å². The van der Waals surface area contributed by atoms with Crippen LogP contribution >= 0.6 is 23.2 Å². The molecule has 4 atom stereocenters. The Hall–Kier alpha value is -2.12. The zero-order valence-corrected chi connectivity index (χ0v) is 21.7. The van der Waals surface area contributed by atoms with E-state index in [0.717, 1.165) is 11.1 Å². The van der Waals surface area contributed by atoms with Crippen molar-refractivity contribution in [1.82, 2.24) is 10.2 Å². The Balaban J connectivity index is 1.72. The van der Waals surface area contributed by atoms with Crippen molar-refractivity contribution in [2.45, 2.75) is 50.6 Å². The molecule has 2 saturated heterocycles. The van der Waals surface area contributed by atoms with Gasteiger partial charge in [-0.15, -0.1) is 0 Å². The maximum absolute atomic E-state index is 14.1. The van der Waals surface area contributed by atoms with Gasteiger partial charge in [0.2, 0.25) is 11.8 Å². The van der Waals surface area contributed by atoms with E-state index in [1.165, 1.54) is 0 Å². The number of anilines is 1. The number of amides is 2. The van der Waals surface area contributed by atoms with Crippen molar-refractivity contribution in [2.24, 2.45) is 5.41 Å². The third-order valence-electron chi connectivity index (χ3n) is 7.42. The molecule has 0 radical (unpaired) electrons. The van der Waals surface area contributed by atoms with Gasteiger partial charge in [-0.2, -0.15) is 0 Å². The van der Waals surface area contributed by atoms with Gasteiger partial charge in [0.05, 0.1) is 19.3 Å². The first-order valence-electron chi connectivity index (χ1n) is 12.1. The number of fused-ring (bicyclic) bond motifs is 2. The molecule has 2 fully saturated rings. The van der Waals surface area contributed by atoms with Gasteiger partial charge in [-0.25, -0.2) is 0 Å². The summed E-state index contributed by atoms with van der Waals surface area (Å²) in [5.74, 6) is -0.575. The predicted octanol–water partition coefficient (Wildman–Crippen LogP) is 4.60. The second kappa shape index (κ2) is 9.07. The number of benzene rings is 2. The molecule has 0 aliphatic carbocycles. The molecular formula is C27H31Cl2N3O3. The lowest BCUT2D eigenvalue weighted by atomic mass is 9.62. The molecule has 6 nitrogen and oxygen atoms in total. The van der Waals surface area contributed by atoms with Gasteiger partial charge in [0.1, 0.15) is 5.41 Å². The number of nitrogens with one attached hydrogen (secondary N) is 2. The summed E-state index contributed by atoms with van der Waals surface area (Å²) < 4.78 is 5.49. The minimum Gasteiger partial charge on any atom is -0.378 e. The highest BCUT2D eigenvalue weighted by molar-refractivity contribution is 6.31. The molecule has 2 aromatic carbocycles. The number of halogens is 2. The normalized spacial score (nSPS) is 28.3. The predicted molar refractivity (Wildman–Crippen MR) is 138 cm³/mol. The van der Waals surface area contributed by atoms with E-state index in [-0.39, 0.29) is 23.3 Å². The number of hydrogen-bond donors (Lipinski definition) is 2. The van der Waals surface area contributed by atoms with Crippen molar-refractivity contribution in [1.29, 1.82) is 0 Å². The summed E-state index contributed by atoms with van der Waals surface area (Å²) >= 11 is 12.8. The smallest absolute Gasteiger partial charge is 0.240 e. The van der Waals surface area contributed by atoms with Crippen LogP contribution < -0.4 is 10.6 Å². The highest BCUT2D eigenvalue weighted by Gasteiger charge is 2.66. The SMILES string of the molecule is CC(C)(C)C[C@H]1N[C@@H](C(=O)N2CCOCC2)[C@H](c2cccc(Cl)c2)[C@@]12C(=O)Nc1cc(Cl)ccc12.